The highest BCUT2D eigenvalue weighted by molar-refractivity contribution is 5.32. The second-order valence-corrected chi connectivity index (χ2v) is 6.41. The van der Waals surface area contributed by atoms with E-state index in [4.69, 9.17) is 0 Å². The minimum absolute atomic E-state index is 0.354. The first-order valence-electron chi connectivity index (χ1n) is 7.53. The van der Waals surface area contributed by atoms with Crippen LogP contribution in [-0.2, 0) is 11.8 Å². The van der Waals surface area contributed by atoms with Gasteiger partial charge in [-0.05, 0) is 0 Å². The molecule has 0 radical (unpaired) electrons. The summed E-state index contributed by atoms with van der Waals surface area (Å²) in [7, 11) is 0. The third kappa shape index (κ3) is 3.74. The molecule has 0 spiro atoms. The molecule has 0 amide bonds. The molecule has 0 aromatic heterocycles. The van der Waals surface area contributed by atoms with E-state index in [-0.39, 0.29) is 6.92 Å². The van der Waals surface area contributed by atoms with Crippen molar-refractivity contribution in [3.8, 4) is 0 Å². The van der Waals surface area contributed by atoms with E-state index < -0.39 is 83.0 Å². The van der Waals surface area contributed by atoms with Gasteiger partial charge in [-0.15, -0.1) is 0 Å². The Kier molecular flexibility index (Phi) is 6.37. The van der Waals surface area contributed by atoms with Crippen molar-refractivity contribution in [2.75, 3.05) is 0 Å². The summed E-state index contributed by atoms with van der Waals surface area (Å²) in [6, 6.07) is -2.09. The fraction of sp³-hybridized carbons (Fsp3) is 0.600. The van der Waals surface area contributed by atoms with Crippen LogP contribution in [0.5, 0.6) is 0 Å². The Hall–Kier alpha value is -1.97. The fourth-order valence-electron chi connectivity index (χ4n) is 2.09. The van der Waals surface area contributed by atoms with Gasteiger partial charge < -0.3 is 0 Å². The van der Waals surface area contributed by atoms with Crippen LogP contribution in [-0.4, -0.2) is 35.8 Å². The Morgan fingerprint density at radius 1 is 0.406 bits per heavy atom. The number of rotatable bonds is 7. The Morgan fingerprint density at radius 2 is 0.688 bits per heavy atom. The summed E-state index contributed by atoms with van der Waals surface area (Å²) in [4.78, 5) is 0. The average molecular weight is 510 g/mol. The van der Waals surface area contributed by atoms with Gasteiger partial charge >= 0.3 is 47.6 Å². The van der Waals surface area contributed by atoms with Crippen LogP contribution >= 0.6 is 0 Å². The van der Waals surface area contributed by atoms with Crippen LogP contribution in [0.4, 0.5) is 74.6 Å². The first-order chi connectivity index (χ1) is 13.7. The summed E-state index contributed by atoms with van der Waals surface area (Å²) in [5.74, 6) is -48.4. The lowest BCUT2D eigenvalue weighted by atomic mass is 9.90. The minimum Gasteiger partial charge on any atom is -0.200 e. The van der Waals surface area contributed by atoms with Crippen molar-refractivity contribution < 1.29 is 74.6 Å². The quantitative estimate of drug-likeness (QED) is 0.331. The first kappa shape index (κ1) is 28.1. The van der Waals surface area contributed by atoms with E-state index in [2.05, 4.69) is 0 Å². The molecule has 0 N–H and O–H groups in total. The molecule has 1 aromatic carbocycles. The zero-order chi connectivity index (χ0) is 26.0. The molecule has 0 saturated carbocycles. The van der Waals surface area contributed by atoms with Gasteiger partial charge in [0.1, 0.15) is 0 Å². The maximum atomic E-state index is 13.9. The standard InChI is InChI=1S/C15H7F17/c1-8(16,17)9(18,19)6-2-4-7(5-3-6)10(20,21)11(22,23)12(24,25)13(26,27)14(28,29)15(30,31)32/h2-5H,1H3. The largest absolute Gasteiger partial charge is 0.460 e. The summed E-state index contributed by atoms with van der Waals surface area (Å²) in [6.07, 6.45) is -7.58. The van der Waals surface area contributed by atoms with Gasteiger partial charge in [0.2, 0.25) is 0 Å². The van der Waals surface area contributed by atoms with Crippen LogP contribution in [0.25, 0.3) is 0 Å². The Morgan fingerprint density at radius 3 is 0.969 bits per heavy atom. The lowest BCUT2D eigenvalue weighted by molar-refractivity contribution is -0.441. The monoisotopic (exact) mass is 510 g/mol. The lowest BCUT2D eigenvalue weighted by Crippen LogP contribution is -2.69. The van der Waals surface area contributed by atoms with Gasteiger partial charge in [-0.3, -0.25) is 0 Å². The zero-order valence-corrected chi connectivity index (χ0v) is 14.7. The van der Waals surface area contributed by atoms with E-state index >= 15 is 0 Å². The molecule has 0 fully saturated rings. The lowest BCUT2D eigenvalue weighted by Gasteiger charge is -2.39. The van der Waals surface area contributed by atoms with Crippen molar-refractivity contribution >= 4 is 0 Å². The van der Waals surface area contributed by atoms with Crippen molar-refractivity contribution in [3.05, 3.63) is 35.4 Å². The van der Waals surface area contributed by atoms with Crippen molar-refractivity contribution in [1.82, 2.24) is 0 Å². The van der Waals surface area contributed by atoms with Gasteiger partial charge in [-0.25, -0.2) is 0 Å². The average Bonchev–Trinajstić information content (AvgIpc) is 2.59. The molecule has 1 aromatic rings. The maximum Gasteiger partial charge on any atom is 0.460 e. The normalized spacial score (nSPS) is 15.8. The van der Waals surface area contributed by atoms with Crippen LogP contribution in [0.2, 0.25) is 0 Å². The van der Waals surface area contributed by atoms with E-state index in [0.717, 1.165) is 0 Å². The van der Waals surface area contributed by atoms with E-state index in [1.54, 1.807) is 0 Å². The molecule has 186 valence electrons. The summed E-state index contributed by atoms with van der Waals surface area (Å²) in [6.45, 7) is -0.354. The molecule has 0 aliphatic heterocycles. The molecule has 0 saturated heterocycles. The molecular formula is C15H7F17. The Labute approximate surface area is 166 Å². The molecular weight excluding hydrogens is 503 g/mol. The van der Waals surface area contributed by atoms with Gasteiger partial charge in [0.15, 0.2) is 0 Å². The number of benzene rings is 1. The first-order valence-corrected chi connectivity index (χ1v) is 7.53. The van der Waals surface area contributed by atoms with E-state index in [9.17, 15) is 74.6 Å². The van der Waals surface area contributed by atoms with Crippen LogP contribution in [0.15, 0.2) is 24.3 Å². The predicted octanol–water partition coefficient (Wildman–Crippen LogP) is 7.63. The molecule has 0 bridgehead atoms. The van der Waals surface area contributed by atoms with Crippen molar-refractivity contribution in [2.24, 2.45) is 0 Å². The zero-order valence-electron chi connectivity index (χ0n) is 14.7. The highest BCUT2D eigenvalue weighted by Gasteiger charge is 2.90. The third-order valence-electron chi connectivity index (χ3n) is 4.09. The van der Waals surface area contributed by atoms with Crippen molar-refractivity contribution in [1.29, 1.82) is 0 Å². The van der Waals surface area contributed by atoms with Crippen LogP contribution in [0, 0.1) is 0 Å². The summed E-state index contributed by atoms with van der Waals surface area (Å²) < 4.78 is 222. The fourth-order valence-corrected chi connectivity index (χ4v) is 2.09. The predicted molar refractivity (Wildman–Crippen MR) is 70.7 cm³/mol. The topological polar surface area (TPSA) is 0 Å². The Bertz CT molecular complexity index is 810. The summed E-state index contributed by atoms with van der Waals surface area (Å²) in [5.41, 5.74) is -4.40. The molecule has 0 heterocycles. The van der Waals surface area contributed by atoms with E-state index in [0.29, 0.717) is 0 Å². The van der Waals surface area contributed by atoms with Crippen LogP contribution < -0.4 is 0 Å². The number of alkyl halides is 17. The third-order valence-corrected chi connectivity index (χ3v) is 4.09. The summed E-state index contributed by atoms with van der Waals surface area (Å²) in [5, 5.41) is 0. The molecule has 0 atom stereocenters. The second kappa shape index (κ2) is 7.27. The molecule has 0 aliphatic carbocycles. The van der Waals surface area contributed by atoms with Crippen molar-refractivity contribution in [3.63, 3.8) is 0 Å². The van der Waals surface area contributed by atoms with Crippen LogP contribution in [0.1, 0.15) is 18.1 Å². The molecule has 0 aliphatic rings. The number of hydrogen-bond donors (Lipinski definition) is 0. The van der Waals surface area contributed by atoms with Gasteiger partial charge in [-0.1, -0.05) is 24.3 Å². The summed E-state index contributed by atoms with van der Waals surface area (Å²) >= 11 is 0. The molecule has 0 unspecified atom stereocenters. The van der Waals surface area contributed by atoms with Gasteiger partial charge in [0.25, 0.3) is 0 Å². The molecule has 0 nitrogen and oxygen atoms in total. The number of hydrogen-bond acceptors (Lipinski definition) is 0. The van der Waals surface area contributed by atoms with Gasteiger partial charge in [0, 0.05) is 18.1 Å². The molecule has 32 heavy (non-hydrogen) atoms. The van der Waals surface area contributed by atoms with Crippen LogP contribution in [0.3, 0.4) is 0 Å². The van der Waals surface area contributed by atoms with Gasteiger partial charge in [-0.2, -0.15) is 74.6 Å². The SMILES string of the molecule is CC(F)(F)C(F)(F)c1ccc(C(F)(F)C(F)(F)C(F)(F)C(F)(F)C(F)(F)C(F)(F)F)cc1. The molecule has 17 heteroatoms. The van der Waals surface area contributed by atoms with E-state index in [1.165, 1.54) is 0 Å². The van der Waals surface area contributed by atoms with Gasteiger partial charge in [0.05, 0.1) is 0 Å². The maximum absolute atomic E-state index is 13.9. The molecule has 1 rings (SSSR count). The van der Waals surface area contributed by atoms with Crippen molar-refractivity contribution in [2.45, 2.75) is 54.6 Å². The smallest absolute Gasteiger partial charge is 0.200 e. The number of halogens is 17. The second-order valence-electron chi connectivity index (χ2n) is 6.41. The highest BCUT2D eigenvalue weighted by Crippen LogP contribution is 2.62. The van der Waals surface area contributed by atoms with E-state index in [1.807, 2.05) is 0 Å². The Balaban J connectivity index is 3.56. The highest BCUT2D eigenvalue weighted by atomic mass is 19.4. The minimum atomic E-state index is -8.12.